The Morgan fingerprint density at radius 3 is 2.86 bits per heavy atom. The lowest BCUT2D eigenvalue weighted by molar-refractivity contribution is 0.100. The highest BCUT2D eigenvalue weighted by atomic mass is 16.6. The topological polar surface area (TPSA) is 60.9 Å². The summed E-state index contributed by atoms with van der Waals surface area (Å²) in [7, 11) is 1.63. The second-order valence-electron chi connectivity index (χ2n) is 4.96. The number of methoxy groups -OCH3 is 1. The lowest BCUT2D eigenvalue weighted by Gasteiger charge is -2.14. The Morgan fingerprint density at radius 1 is 1.29 bits per heavy atom. The van der Waals surface area contributed by atoms with Gasteiger partial charge in [0.1, 0.15) is 6.61 Å². The lowest BCUT2D eigenvalue weighted by atomic mass is 10.2. The Hall–Kier alpha value is -1.82. The number of hydrogen-bond acceptors (Lipinski definition) is 5. The highest BCUT2D eigenvalue weighted by Gasteiger charge is 2.25. The van der Waals surface area contributed by atoms with E-state index in [1.807, 2.05) is 6.07 Å². The first-order chi connectivity index (χ1) is 10.2. The van der Waals surface area contributed by atoms with Crippen molar-refractivity contribution < 1.29 is 19.0 Å². The molecule has 2 rings (SSSR count). The van der Waals surface area contributed by atoms with Crippen molar-refractivity contribution in [1.29, 1.82) is 0 Å². The Bertz CT molecular complexity index is 479. The standard InChI is InChI=1S/C15H22N2O4/c1-3-4-5-21-15(18)17-10-12-8-14(20-7-6-19-2)16-9-13(12)11-17/h8-9H,3-7,10-11H2,1-2H3. The zero-order valence-corrected chi connectivity index (χ0v) is 12.6. The second kappa shape index (κ2) is 7.83. The van der Waals surface area contributed by atoms with E-state index in [-0.39, 0.29) is 6.09 Å². The number of unbranched alkanes of at least 4 members (excludes halogenated alkanes) is 1. The molecule has 1 aromatic heterocycles. The fourth-order valence-electron chi connectivity index (χ4n) is 2.09. The first kappa shape index (κ1) is 15.6. The van der Waals surface area contributed by atoms with Gasteiger partial charge in [0.25, 0.3) is 0 Å². The summed E-state index contributed by atoms with van der Waals surface area (Å²) in [5.41, 5.74) is 2.10. The number of rotatable bonds is 7. The maximum atomic E-state index is 11.9. The van der Waals surface area contributed by atoms with Gasteiger partial charge in [0, 0.05) is 25.9 Å². The summed E-state index contributed by atoms with van der Waals surface area (Å²) < 4.78 is 15.6. The molecule has 0 fully saturated rings. The average Bonchev–Trinajstić information content (AvgIpc) is 2.91. The molecule has 1 aliphatic rings. The molecule has 1 amide bonds. The number of nitrogens with zero attached hydrogens (tertiary/aromatic N) is 2. The van der Waals surface area contributed by atoms with Gasteiger partial charge in [-0.3, -0.25) is 4.90 Å². The molecule has 0 saturated carbocycles. The van der Waals surface area contributed by atoms with Crippen LogP contribution in [0.25, 0.3) is 0 Å². The number of pyridine rings is 1. The molecule has 116 valence electrons. The number of carbonyl (C=O) groups excluding carboxylic acids is 1. The molecular weight excluding hydrogens is 272 g/mol. The smallest absolute Gasteiger partial charge is 0.410 e. The van der Waals surface area contributed by atoms with Gasteiger partial charge in [0.05, 0.1) is 19.8 Å². The molecule has 0 bridgehead atoms. The molecule has 1 aromatic rings. The van der Waals surface area contributed by atoms with Gasteiger partial charge < -0.3 is 14.2 Å². The van der Waals surface area contributed by atoms with Crippen molar-refractivity contribution in [2.75, 3.05) is 26.9 Å². The van der Waals surface area contributed by atoms with Crippen LogP contribution in [0.3, 0.4) is 0 Å². The third-order valence-corrected chi connectivity index (χ3v) is 3.30. The fourth-order valence-corrected chi connectivity index (χ4v) is 2.09. The normalized spacial score (nSPS) is 13.1. The van der Waals surface area contributed by atoms with Gasteiger partial charge in [-0.2, -0.15) is 0 Å². The van der Waals surface area contributed by atoms with Gasteiger partial charge >= 0.3 is 6.09 Å². The minimum Gasteiger partial charge on any atom is -0.475 e. The minimum absolute atomic E-state index is 0.262. The van der Waals surface area contributed by atoms with Crippen molar-refractivity contribution in [2.24, 2.45) is 0 Å². The Kier molecular flexibility index (Phi) is 5.80. The van der Waals surface area contributed by atoms with Crippen molar-refractivity contribution in [3.63, 3.8) is 0 Å². The van der Waals surface area contributed by atoms with E-state index >= 15 is 0 Å². The van der Waals surface area contributed by atoms with Crippen LogP contribution in [0.15, 0.2) is 12.3 Å². The Labute approximate surface area is 125 Å². The van der Waals surface area contributed by atoms with Gasteiger partial charge in [-0.05, 0) is 17.5 Å². The molecular formula is C15H22N2O4. The number of amides is 1. The molecule has 0 atom stereocenters. The Balaban J connectivity index is 1.88. The zero-order valence-electron chi connectivity index (χ0n) is 12.6. The summed E-state index contributed by atoms with van der Waals surface area (Å²) in [4.78, 5) is 17.8. The molecule has 0 N–H and O–H groups in total. The fraction of sp³-hybridized carbons (Fsp3) is 0.600. The average molecular weight is 294 g/mol. The zero-order chi connectivity index (χ0) is 15.1. The Morgan fingerprint density at radius 2 is 2.10 bits per heavy atom. The number of fused-ring (bicyclic) bond motifs is 1. The van der Waals surface area contributed by atoms with Crippen molar-refractivity contribution in [1.82, 2.24) is 9.88 Å². The van der Waals surface area contributed by atoms with Crippen molar-refractivity contribution in [3.05, 3.63) is 23.4 Å². The van der Waals surface area contributed by atoms with Crippen LogP contribution < -0.4 is 4.74 Å². The molecule has 6 nitrogen and oxygen atoms in total. The first-order valence-electron chi connectivity index (χ1n) is 7.25. The molecule has 0 unspecified atom stereocenters. The summed E-state index contributed by atoms with van der Waals surface area (Å²) in [6.45, 7) is 4.62. The van der Waals surface area contributed by atoms with E-state index in [1.165, 1.54) is 0 Å². The lowest BCUT2D eigenvalue weighted by Crippen LogP contribution is -2.26. The maximum absolute atomic E-state index is 11.9. The number of hydrogen-bond donors (Lipinski definition) is 0. The van der Waals surface area contributed by atoms with Crippen molar-refractivity contribution in [2.45, 2.75) is 32.9 Å². The van der Waals surface area contributed by atoms with Gasteiger partial charge in [-0.1, -0.05) is 13.3 Å². The predicted octanol–water partition coefficient (Wildman–Crippen LogP) is 2.36. The van der Waals surface area contributed by atoms with E-state index in [4.69, 9.17) is 14.2 Å². The molecule has 0 aliphatic carbocycles. The van der Waals surface area contributed by atoms with Crippen molar-refractivity contribution >= 4 is 6.09 Å². The molecule has 0 spiro atoms. The number of aromatic nitrogens is 1. The second-order valence-corrected chi connectivity index (χ2v) is 4.96. The molecule has 21 heavy (non-hydrogen) atoms. The molecule has 0 saturated heterocycles. The molecule has 2 heterocycles. The first-order valence-corrected chi connectivity index (χ1v) is 7.25. The van der Waals surface area contributed by atoms with Gasteiger partial charge in [-0.15, -0.1) is 0 Å². The third kappa shape index (κ3) is 4.32. The molecule has 6 heteroatoms. The summed E-state index contributed by atoms with van der Waals surface area (Å²) in [6, 6.07) is 1.88. The SMILES string of the molecule is CCCCOC(=O)N1Cc2cnc(OCCOC)cc2C1. The largest absolute Gasteiger partial charge is 0.475 e. The van der Waals surface area contributed by atoms with E-state index in [2.05, 4.69) is 11.9 Å². The maximum Gasteiger partial charge on any atom is 0.410 e. The summed E-state index contributed by atoms with van der Waals surface area (Å²) in [5, 5.41) is 0. The van der Waals surface area contributed by atoms with Crippen LogP contribution in [0.4, 0.5) is 4.79 Å². The summed E-state index contributed by atoms with van der Waals surface area (Å²) >= 11 is 0. The van der Waals surface area contributed by atoms with E-state index in [9.17, 15) is 4.79 Å². The van der Waals surface area contributed by atoms with E-state index < -0.39 is 0 Å². The van der Waals surface area contributed by atoms with Crippen LogP contribution in [-0.2, 0) is 22.6 Å². The molecule has 1 aliphatic heterocycles. The van der Waals surface area contributed by atoms with Gasteiger partial charge in [0.2, 0.25) is 5.88 Å². The van der Waals surface area contributed by atoms with Crippen molar-refractivity contribution in [3.8, 4) is 5.88 Å². The molecule has 0 radical (unpaired) electrons. The number of carbonyl (C=O) groups is 1. The third-order valence-electron chi connectivity index (χ3n) is 3.30. The van der Waals surface area contributed by atoms with Crippen LogP contribution in [0.5, 0.6) is 5.88 Å². The highest BCUT2D eigenvalue weighted by molar-refractivity contribution is 5.68. The quantitative estimate of drug-likeness (QED) is 0.722. The van der Waals surface area contributed by atoms with Crippen LogP contribution in [-0.4, -0.2) is 42.9 Å². The summed E-state index contributed by atoms with van der Waals surface area (Å²) in [6.07, 6.45) is 3.41. The highest BCUT2D eigenvalue weighted by Crippen LogP contribution is 2.25. The van der Waals surface area contributed by atoms with Crippen LogP contribution in [0.2, 0.25) is 0 Å². The van der Waals surface area contributed by atoms with E-state index in [0.717, 1.165) is 24.0 Å². The predicted molar refractivity (Wildman–Crippen MR) is 77.1 cm³/mol. The van der Waals surface area contributed by atoms with Crippen LogP contribution in [0.1, 0.15) is 30.9 Å². The summed E-state index contributed by atoms with van der Waals surface area (Å²) in [5.74, 6) is 0.562. The minimum atomic E-state index is -0.262. The van der Waals surface area contributed by atoms with Gasteiger partial charge in [0.15, 0.2) is 0 Å². The monoisotopic (exact) mass is 294 g/mol. The van der Waals surface area contributed by atoms with E-state index in [0.29, 0.717) is 38.8 Å². The van der Waals surface area contributed by atoms with Crippen LogP contribution >= 0.6 is 0 Å². The van der Waals surface area contributed by atoms with Crippen LogP contribution in [0, 0.1) is 0 Å². The van der Waals surface area contributed by atoms with Gasteiger partial charge in [-0.25, -0.2) is 9.78 Å². The number of ether oxygens (including phenoxy) is 3. The molecule has 0 aromatic carbocycles. The van der Waals surface area contributed by atoms with E-state index in [1.54, 1.807) is 18.2 Å².